The third-order valence-corrected chi connectivity index (χ3v) is 2.49. The average Bonchev–Trinajstić information content (AvgIpc) is 2.65. The van der Waals surface area contributed by atoms with Crippen LogP contribution in [0.3, 0.4) is 0 Å². The van der Waals surface area contributed by atoms with Crippen molar-refractivity contribution < 1.29 is 4.79 Å². The number of urea groups is 1. The average molecular weight is 196 g/mol. The monoisotopic (exact) mass is 196 g/mol. The number of hydrogen-bond acceptors (Lipinski definition) is 1. The zero-order valence-corrected chi connectivity index (χ0v) is 9.25. The van der Waals surface area contributed by atoms with Crippen molar-refractivity contribution in [1.29, 1.82) is 0 Å². The molecule has 0 saturated carbocycles. The molecule has 1 saturated heterocycles. The Bertz CT molecular complexity index is 219. The third-order valence-electron chi connectivity index (χ3n) is 2.49. The van der Waals surface area contributed by atoms with Gasteiger partial charge in [0, 0.05) is 26.2 Å². The van der Waals surface area contributed by atoms with Crippen LogP contribution in [0, 0.1) is 0 Å². The molecule has 1 aliphatic heterocycles. The van der Waals surface area contributed by atoms with Crippen LogP contribution in [0.15, 0.2) is 12.2 Å². The third kappa shape index (κ3) is 2.76. The van der Waals surface area contributed by atoms with Gasteiger partial charge in [0.25, 0.3) is 0 Å². The molecular weight excluding hydrogens is 176 g/mol. The quantitative estimate of drug-likeness (QED) is 0.634. The molecule has 1 aliphatic rings. The smallest absolute Gasteiger partial charge is 0.320 e. The minimum Gasteiger partial charge on any atom is -0.325 e. The molecule has 0 N–H and O–H groups in total. The maximum absolute atomic E-state index is 11.9. The molecular formula is C11H20N2O. The van der Waals surface area contributed by atoms with Crippen LogP contribution in [0.4, 0.5) is 4.79 Å². The molecule has 1 heterocycles. The summed E-state index contributed by atoms with van der Waals surface area (Å²) in [6, 6.07) is 0.174. The first-order valence-corrected chi connectivity index (χ1v) is 5.33. The largest absolute Gasteiger partial charge is 0.325 e. The van der Waals surface area contributed by atoms with Crippen LogP contribution in [-0.4, -0.2) is 42.0 Å². The van der Waals surface area contributed by atoms with Gasteiger partial charge >= 0.3 is 6.03 Å². The van der Waals surface area contributed by atoms with E-state index in [1.165, 1.54) is 0 Å². The van der Waals surface area contributed by atoms with Crippen LogP contribution in [-0.2, 0) is 0 Å². The Labute approximate surface area is 86.4 Å². The second kappa shape index (κ2) is 5.03. The van der Waals surface area contributed by atoms with E-state index in [0.717, 1.165) is 38.0 Å². The number of hydrogen-bond donors (Lipinski definition) is 0. The van der Waals surface area contributed by atoms with E-state index in [9.17, 15) is 4.79 Å². The summed E-state index contributed by atoms with van der Waals surface area (Å²) in [7, 11) is 0. The molecule has 0 bridgehead atoms. The van der Waals surface area contributed by atoms with E-state index in [0.29, 0.717) is 6.54 Å². The Morgan fingerprint density at radius 2 is 2.00 bits per heavy atom. The van der Waals surface area contributed by atoms with Crippen molar-refractivity contribution in [1.82, 2.24) is 9.80 Å². The molecule has 3 heteroatoms. The summed E-state index contributed by atoms with van der Waals surface area (Å²) in [5, 5.41) is 0. The van der Waals surface area contributed by atoms with Gasteiger partial charge in [-0.25, -0.2) is 4.79 Å². The van der Waals surface area contributed by atoms with Crippen molar-refractivity contribution in [2.75, 3.05) is 26.2 Å². The number of nitrogens with zero attached hydrogens (tertiary/aromatic N) is 2. The van der Waals surface area contributed by atoms with E-state index >= 15 is 0 Å². The SMILES string of the molecule is C=C(C)CN(CC)C(=O)N1CCCC1. The predicted molar refractivity (Wildman–Crippen MR) is 58.3 cm³/mol. The summed E-state index contributed by atoms with van der Waals surface area (Å²) in [4.78, 5) is 15.7. The molecule has 0 radical (unpaired) electrons. The van der Waals surface area contributed by atoms with Gasteiger partial charge in [-0.3, -0.25) is 0 Å². The van der Waals surface area contributed by atoms with E-state index in [4.69, 9.17) is 0 Å². The van der Waals surface area contributed by atoms with Gasteiger partial charge in [-0.1, -0.05) is 12.2 Å². The van der Waals surface area contributed by atoms with Crippen molar-refractivity contribution in [2.24, 2.45) is 0 Å². The van der Waals surface area contributed by atoms with Gasteiger partial charge in [-0.15, -0.1) is 0 Å². The lowest BCUT2D eigenvalue weighted by atomic mass is 10.3. The Morgan fingerprint density at radius 3 is 2.43 bits per heavy atom. The molecule has 0 aromatic heterocycles. The molecule has 2 amide bonds. The van der Waals surface area contributed by atoms with E-state index in [2.05, 4.69) is 6.58 Å². The fourth-order valence-corrected chi connectivity index (χ4v) is 1.75. The Morgan fingerprint density at radius 1 is 1.43 bits per heavy atom. The highest BCUT2D eigenvalue weighted by molar-refractivity contribution is 5.74. The van der Waals surface area contributed by atoms with Gasteiger partial charge in [-0.05, 0) is 26.7 Å². The molecule has 14 heavy (non-hydrogen) atoms. The van der Waals surface area contributed by atoms with Crippen molar-refractivity contribution in [3.8, 4) is 0 Å². The summed E-state index contributed by atoms with van der Waals surface area (Å²) in [5.74, 6) is 0. The van der Waals surface area contributed by atoms with Crippen molar-refractivity contribution in [2.45, 2.75) is 26.7 Å². The molecule has 0 unspecified atom stereocenters. The summed E-state index contributed by atoms with van der Waals surface area (Å²) >= 11 is 0. The van der Waals surface area contributed by atoms with Gasteiger partial charge in [-0.2, -0.15) is 0 Å². The topological polar surface area (TPSA) is 23.6 Å². The summed E-state index contributed by atoms with van der Waals surface area (Å²) in [5.41, 5.74) is 1.04. The number of amides is 2. The van der Waals surface area contributed by atoms with E-state index in [-0.39, 0.29) is 6.03 Å². The molecule has 0 spiro atoms. The molecule has 0 atom stereocenters. The van der Waals surface area contributed by atoms with Crippen LogP contribution in [0.1, 0.15) is 26.7 Å². The minimum atomic E-state index is 0.174. The van der Waals surface area contributed by atoms with Gasteiger partial charge in [0.1, 0.15) is 0 Å². The first-order valence-electron chi connectivity index (χ1n) is 5.33. The van der Waals surface area contributed by atoms with Crippen molar-refractivity contribution in [3.05, 3.63) is 12.2 Å². The molecule has 3 nitrogen and oxygen atoms in total. The predicted octanol–water partition coefficient (Wildman–Crippen LogP) is 2.10. The number of likely N-dealkylation sites (N-methyl/N-ethyl adjacent to an activating group) is 1. The highest BCUT2D eigenvalue weighted by Gasteiger charge is 2.22. The fourth-order valence-electron chi connectivity index (χ4n) is 1.75. The normalized spacial score (nSPS) is 15.7. The van der Waals surface area contributed by atoms with E-state index in [1.54, 1.807) is 0 Å². The number of likely N-dealkylation sites (tertiary alicyclic amines) is 1. The van der Waals surface area contributed by atoms with Crippen molar-refractivity contribution in [3.63, 3.8) is 0 Å². The maximum Gasteiger partial charge on any atom is 0.320 e. The molecule has 1 fully saturated rings. The molecule has 80 valence electrons. The first kappa shape index (κ1) is 11.1. The number of carbonyl (C=O) groups is 1. The molecule has 1 rings (SSSR count). The highest BCUT2D eigenvalue weighted by atomic mass is 16.2. The Hall–Kier alpha value is -0.990. The lowest BCUT2D eigenvalue weighted by molar-refractivity contribution is 0.169. The van der Waals surface area contributed by atoms with Crippen LogP contribution < -0.4 is 0 Å². The summed E-state index contributed by atoms with van der Waals surface area (Å²) < 4.78 is 0. The first-order chi connectivity index (χ1) is 6.65. The molecule has 0 aromatic rings. The van der Waals surface area contributed by atoms with Crippen molar-refractivity contribution >= 4 is 6.03 Å². The van der Waals surface area contributed by atoms with E-state index in [1.807, 2.05) is 23.6 Å². The number of rotatable bonds is 3. The Balaban J connectivity index is 2.50. The van der Waals surface area contributed by atoms with Crippen LogP contribution in [0.25, 0.3) is 0 Å². The van der Waals surface area contributed by atoms with Gasteiger partial charge < -0.3 is 9.80 Å². The van der Waals surface area contributed by atoms with Gasteiger partial charge in [0.2, 0.25) is 0 Å². The number of carbonyl (C=O) groups excluding carboxylic acids is 1. The lowest BCUT2D eigenvalue weighted by Gasteiger charge is -2.26. The fraction of sp³-hybridized carbons (Fsp3) is 0.727. The highest BCUT2D eigenvalue weighted by Crippen LogP contribution is 2.11. The second-order valence-corrected chi connectivity index (χ2v) is 3.95. The zero-order chi connectivity index (χ0) is 10.6. The molecule has 0 aliphatic carbocycles. The summed E-state index contributed by atoms with van der Waals surface area (Å²) in [6.07, 6.45) is 2.30. The van der Waals surface area contributed by atoms with Gasteiger partial charge in [0.05, 0.1) is 0 Å². The van der Waals surface area contributed by atoms with Crippen LogP contribution >= 0.6 is 0 Å². The second-order valence-electron chi connectivity index (χ2n) is 3.95. The molecule has 0 aromatic carbocycles. The van der Waals surface area contributed by atoms with Crippen LogP contribution in [0.2, 0.25) is 0 Å². The Kier molecular flexibility index (Phi) is 3.98. The minimum absolute atomic E-state index is 0.174. The van der Waals surface area contributed by atoms with Crippen LogP contribution in [0.5, 0.6) is 0 Å². The lowest BCUT2D eigenvalue weighted by Crippen LogP contribution is -2.42. The standard InChI is InChI=1S/C11H20N2O/c1-4-12(9-10(2)3)11(14)13-7-5-6-8-13/h2,4-9H2,1,3H3. The zero-order valence-electron chi connectivity index (χ0n) is 9.25. The van der Waals surface area contributed by atoms with Gasteiger partial charge in [0.15, 0.2) is 0 Å². The maximum atomic E-state index is 11.9. The van der Waals surface area contributed by atoms with E-state index < -0.39 is 0 Å². The summed E-state index contributed by atoms with van der Waals surface area (Å²) in [6.45, 7) is 11.1.